The number of carbonyl (C=O) groups excluding carboxylic acids is 1. The normalized spacial score (nSPS) is 13.7. The highest BCUT2D eigenvalue weighted by molar-refractivity contribution is 7.80. The second-order valence-electron chi connectivity index (χ2n) is 4.19. The van der Waals surface area contributed by atoms with Crippen LogP contribution in [0.1, 0.15) is 30.6 Å². The standard InChI is InChI=1S/C13H17NO3S/c1-3-8(2)11(13(16)17)14-12(15)9-6-4-5-7-10(9)18/h4-8,11,18H,3H2,1-2H3,(H,14,15)(H,16,17)/t8-,11-/m0/s1. The number of hydrogen-bond donors (Lipinski definition) is 3. The molecule has 0 unspecified atom stereocenters. The van der Waals surface area contributed by atoms with E-state index in [1.807, 2.05) is 6.92 Å². The molecule has 1 aromatic rings. The number of benzene rings is 1. The fourth-order valence-electron chi connectivity index (χ4n) is 1.57. The quantitative estimate of drug-likeness (QED) is 0.717. The third-order valence-electron chi connectivity index (χ3n) is 2.91. The molecule has 0 saturated carbocycles. The zero-order chi connectivity index (χ0) is 13.7. The number of rotatable bonds is 5. The summed E-state index contributed by atoms with van der Waals surface area (Å²) in [5.41, 5.74) is 0.385. The fourth-order valence-corrected chi connectivity index (χ4v) is 1.83. The molecule has 2 N–H and O–H groups in total. The topological polar surface area (TPSA) is 66.4 Å². The fraction of sp³-hybridized carbons (Fsp3) is 0.385. The molecule has 1 aromatic carbocycles. The molecule has 0 radical (unpaired) electrons. The molecule has 0 spiro atoms. The van der Waals surface area contributed by atoms with Gasteiger partial charge in [-0.2, -0.15) is 0 Å². The Hall–Kier alpha value is -1.49. The van der Waals surface area contributed by atoms with Crippen molar-refractivity contribution >= 4 is 24.5 Å². The van der Waals surface area contributed by atoms with Gasteiger partial charge in [-0.3, -0.25) is 4.79 Å². The first-order valence-electron chi connectivity index (χ1n) is 5.79. The van der Waals surface area contributed by atoms with Crippen LogP contribution in [-0.2, 0) is 4.79 Å². The molecule has 0 bridgehead atoms. The highest BCUT2D eigenvalue weighted by atomic mass is 32.1. The van der Waals surface area contributed by atoms with Crippen LogP contribution in [0.2, 0.25) is 0 Å². The van der Waals surface area contributed by atoms with E-state index in [9.17, 15) is 9.59 Å². The van der Waals surface area contributed by atoms with Crippen LogP contribution in [0.4, 0.5) is 0 Å². The number of thiol groups is 1. The molecule has 1 amide bonds. The van der Waals surface area contributed by atoms with E-state index in [1.54, 1.807) is 31.2 Å². The van der Waals surface area contributed by atoms with Crippen LogP contribution >= 0.6 is 12.6 Å². The molecule has 0 aliphatic rings. The van der Waals surface area contributed by atoms with Crippen molar-refractivity contribution in [3.05, 3.63) is 29.8 Å². The second kappa shape index (κ2) is 6.44. The van der Waals surface area contributed by atoms with Gasteiger partial charge in [0.15, 0.2) is 0 Å². The van der Waals surface area contributed by atoms with Gasteiger partial charge in [-0.25, -0.2) is 4.79 Å². The Morgan fingerprint density at radius 2 is 2.00 bits per heavy atom. The van der Waals surface area contributed by atoms with Crippen molar-refractivity contribution in [2.24, 2.45) is 5.92 Å². The average molecular weight is 267 g/mol. The first-order valence-corrected chi connectivity index (χ1v) is 6.23. The minimum absolute atomic E-state index is 0.126. The Morgan fingerprint density at radius 3 is 2.50 bits per heavy atom. The minimum atomic E-state index is -1.02. The number of nitrogens with one attached hydrogen (secondary N) is 1. The molecular weight excluding hydrogens is 250 g/mol. The SMILES string of the molecule is CC[C@H](C)[C@H](NC(=O)c1ccccc1S)C(=O)O. The number of carboxylic acid groups (broad SMARTS) is 1. The lowest BCUT2D eigenvalue weighted by Gasteiger charge is -2.20. The largest absolute Gasteiger partial charge is 0.480 e. The Balaban J connectivity index is 2.86. The van der Waals surface area contributed by atoms with E-state index in [-0.39, 0.29) is 5.92 Å². The van der Waals surface area contributed by atoms with E-state index >= 15 is 0 Å². The van der Waals surface area contributed by atoms with E-state index in [4.69, 9.17) is 5.11 Å². The highest BCUT2D eigenvalue weighted by Gasteiger charge is 2.26. The maximum absolute atomic E-state index is 12.0. The average Bonchev–Trinajstić information content (AvgIpc) is 2.35. The molecule has 0 aliphatic heterocycles. The van der Waals surface area contributed by atoms with Gasteiger partial charge in [-0.15, -0.1) is 12.6 Å². The summed E-state index contributed by atoms with van der Waals surface area (Å²) in [5.74, 6) is -1.55. The first kappa shape index (κ1) is 14.6. The van der Waals surface area contributed by atoms with Gasteiger partial charge in [0.25, 0.3) is 5.91 Å². The van der Waals surface area contributed by atoms with Crippen LogP contribution in [0.3, 0.4) is 0 Å². The molecule has 1 rings (SSSR count). The third-order valence-corrected chi connectivity index (χ3v) is 3.30. The van der Waals surface area contributed by atoms with Crippen molar-refractivity contribution in [2.45, 2.75) is 31.2 Å². The Morgan fingerprint density at radius 1 is 1.39 bits per heavy atom. The molecule has 98 valence electrons. The first-order chi connectivity index (χ1) is 8.47. The van der Waals surface area contributed by atoms with Crippen LogP contribution in [-0.4, -0.2) is 23.0 Å². The van der Waals surface area contributed by atoms with Crippen molar-refractivity contribution in [1.82, 2.24) is 5.32 Å². The maximum Gasteiger partial charge on any atom is 0.326 e. The molecule has 5 heteroatoms. The Kier molecular flexibility index (Phi) is 5.22. The molecular formula is C13H17NO3S. The molecule has 0 saturated heterocycles. The van der Waals surface area contributed by atoms with Gasteiger partial charge in [-0.1, -0.05) is 32.4 Å². The second-order valence-corrected chi connectivity index (χ2v) is 4.67. The monoisotopic (exact) mass is 267 g/mol. The van der Waals surface area contributed by atoms with Crippen molar-refractivity contribution in [3.8, 4) is 0 Å². The number of aliphatic carboxylic acids is 1. The minimum Gasteiger partial charge on any atom is -0.480 e. The lowest BCUT2D eigenvalue weighted by atomic mass is 9.99. The van der Waals surface area contributed by atoms with Crippen LogP contribution < -0.4 is 5.32 Å². The van der Waals surface area contributed by atoms with Gasteiger partial charge < -0.3 is 10.4 Å². The summed E-state index contributed by atoms with van der Waals surface area (Å²) in [4.78, 5) is 23.6. The molecule has 0 heterocycles. The zero-order valence-corrected chi connectivity index (χ0v) is 11.3. The van der Waals surface area contributed by atoms with Gasteiger partial charge in [-0.05, 0) is 18.1 Å². The van der Waals surface area contributed by atoms with E-state index in [1.165, 1.54) is 0 Å². The zero-order valence-electron chi connectivity index (χ0n) is 10.4. The summed E-state index contributed by atoms with van der Waals surface area (Å²) in [6, 6.07) is 5.91. The highest BCUT2D eigenvalue weighted by Crippen LogP contribution is 2.14. The van der Waals surface area contributed by atoms with Crippen molar-refractivity contribution in [1.29, 1.82) is 0 Å². The van der Waals surface area contributed by atoms with Gasteiger partial charge >= 0.3 is 5.97 Å². The Bertz CT molecular complexity index is 448. The lowest BCUT2D eigenvalue weighted by molar-refractivity contribution is -0.140. The smallest absolute Gasteiger partial charge is 0.326 e. The van der Waals surface area contributed by atoms with Crippen LogP contribution in [0.5, 0.6) is 0 Å². The summed E-state index contributed by atoms with van der Waals surface area (Å²) in [7, 11) is 0. The molecule has 0 aliphatic carbocycles. The molecule has 2 atom stereocenters. The number of carbonyl (C=O) groups is 2. The molecule has 0 aromatic heterocycles. The summed E-state index contributed by atoms with van der Waals surface area (Å²) in [6.45, 7) is 3.69. The van der Waals surface area contributed by atoms with Crippen molar-refractivity contribution in [3.63, 3.8) is 0 Å². The number of hydrogen-bond acceptors (Lipinski definition) is 3. The Labute approximate surface area is 112 Å². The van der Waals surface area contributed by atoms with Gasteiger partial charge in [0.1, 0.15) is 6.04 Å². The van der Waals surface area contributed by atoms with Gasteiger partial charge in [0.05, 0.1) is 5.56 Å². The van der Waals surface area contributed by atoms with Crippen molar-refractivity contribution < 1.29 is 14.7 Å². The van der Waals surface area contributed by atoms with Crippen molar-refractivity contribution in [2.75, 3.05) is 0 Å². The maximum atomic E-state index is 12.0. The van der Waals surface area contributed by atoms with Crippen LogP contribution in [0, 0.1) is 5.92 Å². The van der Waals surface area contributed by atoms with Crippen LogP contribution in [0.25, 0.3) is 0 Å². The molecule has 18 heavy (non-hydrogen) atoms. The number of amides is 1. The lowest BCUT2D eigenvalue weighted by Crippen LogP contribution is -2.45. The van der Waals surface area contributed by atoms with Crippen LogP contribution in [0.15, 0.2) is 29.2 Å². The van der Waals surface area contributed by atoms with E-state index < -0.39 is 17.9 Å². The van der Waals surface area contributed by atoms with E-state index in [0.29, 0.717) is 16.9 Å². The third kappa shape index (κ3) is 3.50. The predicted molar refractivity (Wildman–Crippen MR) is 72.0 cm³/mol. The van der Waals surface area contributed by atoms with E-state index in [0.717, 1.165) is 0 Å². The van der Waals surface area contributed by atoms with Gasteiger partial charge in [0, 0.05) is 4.90 Å². The summed E-state index contributed by atoms with van der Waals surface area (Å²) < 4.78 is 0. The predicted octanol–water partition coefficient (Wildman–Crippen LogP) is 2.20. The van der Waals surface area contributed by atoms with Gasteiger partial charge in [0.2, 0.25) is 0 Å². The summed E-state index contributed by atoms with van der Waals surface area (Å²) in [6.07, 6.45) is 0.680. The summed E-state index contributed by atoms with van der Waals surface area (Å²) in [5, 5.41) is 11.6. The van der Waals surface area contributed by atoms with E-state index in [2.05, 4.69) is 17.9 Å². The summed E-state index contributed by atoms with van der Waals surface area (Å²) >= 11 is 4.18. The number of carboxylic acids is 1. The molecule has 4 nitrogen and oxygen atoms in total. The molecule has 0 fully saturated rings.